The van der Waals surface area contributed by atoms with Crippen LogP contribution >= 0.6 is 0 Å². The predicted octanol–water partition coefficient (Wildman–Crippen LogP) is 0.442. The maximum absolute atomic E-state index is 3.51. The van der Waals surface area contributed by atoms with Crippen LogP contribution in [0.2, 0.25) is 0 Å². The van der Waals surface area contributed by atoms with Crippen LogP contribution < -0.4 is 5.32 Å². The fourth-order valence-corrected chi connectivity index (χ4v) is 2.12. The Bertz CT molecular complexity index is 124. The molecule has 0 aliphatic carbocycles. The monoisotopic (exact) mass is 140 g/mol. The summed E-state index contributed by atoms with van der Waals surface area (Å²) in [4.78, 5) is 2.63. The van der Waals surface area contributed by atoms with Crippen molar-refractivity contribution in [3.63, 3.8) is 0 Å². The molecule has 2 aliphatic heterocycles. The molecule has 1 N–H and O–H groups in total. The molecule has 0 amide bonds. The van der Waals surface area contributed by atoms with Gasteiger partial charge in [0.05, 0.1) is 0 Å². The Morgan fingerprint density at radius 3 is 3.30 bits per heavy atom. The lowest BCUT2D eigenvalue weighted by atomic mass is 10.1. The van der Waals surface area contributed by atoms with Crippen molar-refractivity contribution in [3.8, 4) is 0 Å². The third kappa shape index (κ3) is 1.06. The SMILES string of the molecule is C[C@@H]1CN2CCC[C@H]2CN1. The van der Waals surface area contributed by atoms with Gasteiger partial charge < -0.3 is 5.32 Å². The predicted molar refractivity (Wildman–Crippen MR) is 42.1 cm³/mol. The summed E-state index contributed by atoms with van der Waals surface area (Å²) in [6.45, 7) is 6.11. The quantitative estimate of drug-likeness (QED) is 0.525. The minimum atomic E-state index is 0.717. The molecule has 2 saturated heterocycles. The van der Waals surface area contributed by atoms with E-state index >= 15 is 0 Å². The van der Waals surface area contributed by atoms with Gasteiger partial charge in [0.15, 0.2) is 0 Å². The molecular weight excluding hydrogens is 124 g/mol. The third-order valence-corrected chi connectivity index (χ3v) is 2.71. The molecule has 2 atom stereocenters. The number of nitrogens with zero attached hydrogens (tertiary/aromatic N) is 1. The molecule has 0 unspecified atom stereocenters. The fourth-order valence-electron chi connectivity index (χ4n) is 2.12. The Kier molecular flexibility index (Phi) is 1.66. The largest absolute Gasteiger partial charge is 0.311 e. The second-order valence-corrected chi connectivity index (χ2v) is 3.60. The molecule has 2 aliphatic rings. The van der Waals surface area contributed by atoms with E-state index < -0.39 is 0 Å². The lowest BCUT2D eigenvalue weighted by Crippen LogP contribution is -2.52. The van der Waals surface area contributed by atoms with Crippen LogP contribution in [0.15, 0.2) is 0 Å². The van der Waals surface area contributed by atoms with Crippen LogP contribution in [0.4, 0.5) is 0 Å². The smallest absolute Gasteiger partial charge is 0.0221 e. The first-order chi connectivity index (χ1) is 4.86. The highest BCUT2D eigenvalue weighted by Gasteiger charge is 2.28. The summed E-state index contributed by atoms with van der Waals surface area (Å²) in [5.41, 5.74) is 0. The van der Waals surface area contributed by atoms with Crippen LogP contribution in [0.3, 0.4) is 0 Å². The molecule has 0 aromatic rings. The van der Waals surface area contributed by atoms with Crippen LogP contribution in [-0.2, 0) is 0 Å². The van der Waals surface area contributed by atoms with E-state index in [1.165, 1.54) is 32.5 Å². The van der Waals surface area contributed by atoms with E-state index in [1.54, 1.807) is 0 Å². The average molecular weight is 140 g/mol. The topological polar surface area (TPSA) is 15.3 Å². The number of fused-ring (bicyclic) bond motifs is 1. The zero-order valence-corrected chi connectivity index (χ0v) is 6.64. The van der Waals surface area contributed by atoms with E-state index in [0.717, 1.165) is 6.04 Å². The van der Waals surface area contributed by atoms with E-state index in [0.29, 0.717) is 6.04 Å². The maximum Gasteiger partial charge on any atom is 0.0221 e. The normalized spacial score (nSPS) is 41.7. The van der Waals surface area contributed by atoms with Gasteiger partial charge in [0.2, 0.25) is 0 Å². The van der Waals surface area contributed by atoms with E-state index in [-0.39, 0.29) is 0 Å². The second-order valence-electron chi connectivity index (χ2n) is 3.60. The third-order valence-electron chi connectivity index (χ3n) is 2.71. The van der Waals surface area contributed by atoms with E-state index in [1.807, 2.05) is 0 Å². The molecule has 2 rings (SSSR count). The fraction of sp³-hybridized carbons (Fsp3) is 1.00. The first-order valence-corrected chi connectivity index (χ1v) is 4.33. The van der Waals surface area contributed by atoms with Crippen molar-refractivity contribution < 1.29 is 0 Å². The van der Waals surface area contributed by atoms with Crippen LogP contribution in [0.25, 0.3) is 0 Å². The number of piperazine rings is 1. The van der Waals surface area contributed by atoms with Gasteiger partial charge in [-0.3, -0.25) is 4.90 Å². The maximum atomic E-state index is 3.51. The van der Waals surface area contributed by atoms with E-state index in [9.17, 15) is 0 Å². The number of hydrogen-bond donors (Lipinski definition) is 1. The van der Waals surface area contributed by atoms with E-state index in [2.05, 4.69) is 17.1 Å². The standard InChI is InChI=1S/C8H16N2/c1-7-6-10-4-2-3-8(10)5-9-7/h7-9H,2-6H2,1H3/t7-,8+/m1/s1. The summed E-state index contributed by atoms with van der Waals surface area (Å²) < 4.78 is 0. The van der Waals surface area contributed by atoms with Gasteiger partial charge in [-0.2, -0.15) is 0 Å². The molecule has 0 aromatic heterocycles. The van der Waals surface area contributed by atoms with Gasteiger partial charge in [0.1, 0.15) is 0 Å². The summed E-state index contributed by atoms with van der Waals surface area (Å²) >= 11 is 0. The molecule has 2 nitrogen and oxygen atoms in total. The molecule has 58 valence electrons. The van der Waals surface area contributed by atoms with Gasteiger partial charge in [-0.1, -0.05) is 0 Å². The van der Waals surface area contributed by atoms with Gasteiger partial charge >= 0.3 is 0 Å². The lowest BCUT2D eigenvalue weighted by molar-refractivity contribution is 0.180. The summed E-state index contributed by atoms with van der Waals surface area (Å²) in [5, 5.41) is 3.51. The molecule has 2 heterocycles. The highest BCUT2D eigenvalue weighted by atomic mass is 15.2. The molecule has 2 heteroatoms. The Morgan fingerprint density at radius 1 is 1.50 bits per heavy atom. The second kappa shape index (κ2) is 2.51. The highest BCUT2D eigenvalue weighted by Crippen LogP contribution is 2.19. The van der Waals surface area contributed by atoms with E-state index in [4.69, 9.17) is 0 Å². The Balaban J connectivity index is 1.96. The van der Waals surface area contributed by atoms with Crippen molar-refractivity contribution in [1.29, 1.82) is 0 Å². The Labute approximate surface area is 62.6 Å². The lowest BCUT2D eigenvalue weighted by Gasteiger charge is -2.34. The summed E-state index contributed by atoms with van der Waals surface area (Å²) in [6, 6.07) is 1.59. The van der Waals surface area contributed by atoms with Crippen molar-refractivity contribution in [1.82, 2.24) is 10.2 Å². The minimum absolute atomic E-state index is 0.717. The molecule has 0 saturated carbocycles. The zero-order chi connectivity index (χ0) is 6.97. The van der Waals surface area contributed by atoms with Crippen LogP contribution in [-0.4, -0.2) is 36.6 Å². The summed E-state index contributed by atoms with van der Waals surface area (Å²) in [5.74, 6) is 0. The van der Waals surface area contributed by atoms with Gasteiger partial charge in [-0.05, 0) is 26.3 Å². The van der Waals surface area contributed by atoms with Crippen molar-refractivity contribution in [2.24, 2.45) is 0 Å². The molecule has 0 bridgehead atoms. The van der Waals surface area contributed by atoms with Crippen LogP contribution in [0, 0.1) is 0 Å². The average Bonchev–Trinajstić information content (AvgIpc) is 2.33. The van der Waals surface area contributed by atoms with Gasteiger partial charge in [-0.15, -0.1) is 0 Å². The van der Waals surface area contributed by atoms with Crippen molar-refractivity contribution in [2.75, 3.05) is 19.6 Å². The zero-order valence-electron chi connectivity index (χ0n) is 6.64. The van der Waals surface area contributed by atoms with Gasteiger partial charge in [-0.25, -0.2) is 0 Å². The number of rotatable bonds is 0. The molecule has 0 aromatic carbocycles. The molecule has 0 spiro atoms. The van der Waals surface area contributed by atoms with Crippen molar-refractivity contribution in [2.45, 2.75) is 31.8 Å². The van der Waals surface area contributed by atoms with Crippen molar-refractivity contribution >= 4 is 0 Å². The highest BCUT2D eigenvalue weighted by molar-refractivity contribution is 4.88. The van der Waals surface area contributed by atoms with Crippen molar-refractivity contribution in [3.05, 3.63) is 0 Å². The van der Waals surface area contributed by atoms with Crippen LogP contribution in [0.1, 0.15) is 19.8 Å². The molecule has 10 heavy (non-hydrogen) atoms. The first-order valence-electron chi connectivity index (χ1n) is 4.33. The van der Waals surface area contributed by atoms with Crippen LogP contribution in [0.5, 0.6) is 0 Å². The molecule has 2 fully saturated rings. The van der Waals surface area contributed by atoms with Gasteiger partial charge in [0.25, 0.3) is 0 Å². The molecule has 0 radical (unpaired) electrons. The number of hydrogen-bond acceptors (Lipinski definition) is 2. The van der Waals surface area contributed by atoms with Gasteiger partial charge in [0, 0.05) is 25.2 Å². The molecular formula is C8H16N2. The summed E-state index contributed by atoms with van der Waals surface area (Å²) in [7, 11) is 0. The Morgan fingerprint density at radius 2 is 2.40 bits per heavy atom. The Hall–Kier alpha value is -0.0800. The minimum Gasteiger partial charge on any atom is -0.311 e. The summed E-state index contributed by atoms with van der Waals surface area (Å²) in [6.07, 6.45) is 2.83. The first kappa shape index (κ1) is 6.62. The number of nitrogens with one attached hydrogen (secondary N) is 1.